The van der Waals surface area contributed by atoms with E-state index in [-0.39, 0.29) is 129 Å². The molecule has 0 atom stereocenters. The van der Waals surface area contributed by atoms with Gasteiger partial charge in [-0.15, -0.1) is 46.4 Å². The Morgan fingerprint density at radius 3 is 0.333 bits per heavy atom. The van der Waals surface area contributed by atoms with E-state index in [2.05, 4.69) is 61.9 Å². The van der Waals surface area contributed by atoms with Crippen molar-refractivity contribution in [2.24, 2.45) is 30.0 Å². The topological polar surface area (TPSA) is 270 Å². The zero-order chi connectivity index (χ0) is 86.4. The van der Waals surface area contributed by atoms with Crippen molar-refractivity contribution in [1.82, 2.24) is 0 Å². The summed E-state index contributed by atoms with van der Waals surface area (Å²) in [4.78, 5) is 25.4. The molecule has 0 aliphatic carbocycles. The standard InChI is InChI=1S/6C15H15N2O2.2CH2Cl2.4Mo.2H2Se/c6*1-18-14-7-3-12(4-8-14)16-11-17-13-5-9-15(19-2)10-6-13;2*2-1-3;;;;;;/h6*3-11H,1-2H3;2*1H2;;;;;2*1H2/q6*-1;;;4*+2;;/p-2. The van der Waals surface area contributed by atoms with Gasteiger partial charge in [-0.05, 0) is 214 Å². The van der Waals surface area contributed by atoms with Crippen molar-refractivity contribution >= 4 is 187 Å². The van der Waals surface area contributed by atoms with Gasteiger partial charge in [-0.2, -0.15) is 0 Å². The second kappa shape index (κ2) is 74.1. The third kappa shape index (κ3) is 50.4. The Bertz CT molecular complexity index is 4100. The maximum absolute atomic E-state index is 5.08. The van der Waals surface area contributed by atoms with Crippen LogP contribution in [0.3, 0.4) is 0 Å². The molecule has 660 valence electrons. The number of hydrogen-bond acceptors (Lipinski definition) is 18. The monoisotopic (exact) mass is 2250 g/mol. The average molecular weight is 2250 g/mol. The molecule has 12 aromatic carbocycles. The molecule has 0 aliphatic rings. The van der Waals surface area contributed by atoms with E-state index in [1.165, 1.54) is 38.0 Å². The first-order valence-electron chi connectivity index (χ1n) is 36.1. The summed E-state index contributed by atoms with van der Waals surface area (Å²) in [7, 11) is 19.6. The van der Waals surface area contributed by atoms with Crippen LogP contribution in [-0.2, 0) is 84.3 Å². The normalized spacial score (nSPS) is 9.71. The summed E-state index contributed by atoms with van der Waals surface area (Å²) in [6.07, 6.45) is 9.19. The van der Waals surface area contributed by atoms with Gasteiger partial charge in [0.15, 0.2) is 0 Å². The molecule has 0 radical (unpaired) electrons. The van der Waals surface area contributed by atoms with E-state index < -0.39 is 0 Å². The van der Waals surface area contributed by atoms with Gasteiger partial charge in [0.2, 0.25) is 0 Å². The van der Waals surface area contributed by atoms with Gasteiger partial charge >= 0.3 is 118 Å². The summed E-state index contributed by atoms with van der Waals surface area (Å²) in [6.45, 7) is 0. The molecule has 12 aromatic rings. The van der Waals surface area contributed by atoms with Crippen LogP contribution < -0.4 is 56.8 Å². The van der Waals surface area contributed by atoms with Crippen LogP contribution in [0.15, 0.2) is 321 Å². The SMILES string of the molecule is COc1ccc(N=C[N-]c2ccc(OC)cc2)cc1.COc1ccc(N=C[N-]c2ccc(OC)cc2)cc1.COc1ccc(N=C[N-]c2ccc(OC)cc2)cc1.COc1ccc(N=C[N-]c2ccc(OC)cc2)cc1.COc1ccc(N=C[N-]c2ccc(OC)cc2)cc1.COc1ccc(N=C[N-]c2ccc(OC)cc2)cc1.ClCCl.ClCCl.[Mo+2].[Mo+2].[Mo+2].[Mo+2].[SeH-].[SeH-]. The second-order valence-corrected chi connectivity index (χ2v) is 24.4. The number of aliphatic imine (C=N–C) groups is 6. The van der Waals surface area contributed by atoms with E-state index in [4.69, 9.17) is 103 Å². The van der Waals surface area contributed by atoms with Crippen molar-refractivity contribution in [1.29, 1.82) is 0 Å². The maximum atomic E-state index is 5.08. The number of methoxy groups -OCH3 is 12. The molecular weight excluding hydrogens is 2150 g/mol. The number of nitrogens with zero attached hydrogens (tertiary/aromatic N) is 12. The van der Waals surface area contributed by atoms with E-state index in [1.807, 2.05) is 291 Å². The van der Waals surface area contributed by atoms with Crippen LogP contribution in [0, 0.1) is 0 Å². The molecule has 0 unspecified atom stereocenters. The van der Waals surface area contributed by atoms with Crippen LogP contribution in [-0.4, -0.2) is 168 Å². The average Bonchev–Trinajstić information content (AvgIpc) is 0.903. The first-order chi connectivity index (χ1) is 58.7. The zero-order valence-corrected chi connectivity index (χ0v) is 85.7. The van der Waals surface area contributed by atoms with Gasteiger partial charge < -0.3 is 119 Å². The Morgan fingerprint density at radius 1 is 0.175 bits per heavy atom. The minimum absolute atomic E-state index is 0. The Hall–Kier alpha value is -9.99. The molecule has 0 heterocycles. The van der Waals surface area contributed by atoms with E-state index in [0.717, 1.165) is 137 Å². The van der Waals surface area contributed by atoms with Crippen LogP contribution in [0.2, 0.25) is 0 Å². The molecule has 24 nitrogen and oxygen atoms in total. The Kier molecular flexibility index (Phi) is 69.5. The van der Waals surface area contributed by atoms with E-state index >= 15 is 0 Å². The third-order valence-electron chi connectivity index (χ3n) is 15.4. The summed E-state index contributed by atoms with van der Waals surface area (Å²) in [5, 5.41) is 25.8. The van der Waals surface area contributed by atoms with Crippen molar-refractivity contribution in [3.8, 4) is 69.0 Å². The second-order valence-electron chi connectivity index (χ2n) is 22.8. The van der Waals surface area contributed by atoms with Crippen molar-refractivity contribution in [3.05, 3.63) is 323 Å². The number of hydrogen-bond donors (Lipinski definition) is 0. The van der Waals surface area contributed by atoms with Crippen molar-refractivity contribution < 1.29 is 141 Å². The Morgan fingerprint density at radius 2 is 0.254 bits per heavy atom. The Labute approximate surface area is 837 Å². The predicted molar refractivity (Wildman–Crippen MR) is 510 cm³/mol. The van der Waals surface area contributed by atoms with Crippen molar-refractivity contribution in [2.45, 2.75) is 0 Å². The number of ether oxygens (including phenoxy) is 12. The van der Waals surface area contributed by atoms with Gasteiger partial charge in [0.05, 0.1) is 96.0 Å². The summed E-state index contributed by atoms with van der Waals surface area (Å²) in [5.41, 5.74) is 9.98. The molecule has 34 heteroatoms. The number of halogens is 4. The molecule has 0 bridgehead atoms. The summed E-state index contributed by atoms with van der Waals surface area (Å²) in [6, 6.07) is 89.6. The van der Waals surface area contributed by atoms with Gasteiger partial charge in [-0.25, -0.2) is 0 Å². The van der Waals surface area contributed by atoms with Gasteiger partial charge in [-0.1, -0.05) is 184 Å². The Balaban J connectivity index is 0. The fourth-order valence-electron chi connectivity index (χ4n) is 8.99. The molecule has 0 fully saturated rings. The van der Waals surface area contributed by atoms with Crippen LogP contribution >= 0.6 is 46.4 Å². The van der Waals surface area contributed by atoms with Gasteiger partial charge in [0.1, 0.15) is 69.0 Å². The minimum atomic E-state index is 0. The first kappa shape index (κ1) is 118. The zero-order valence-electron chi connectivity index (χ0n) is 70.9. The number of benzene rings is 12. The number of alkyl halides is 4. The summed E-state index contributed by atoms with van der Waals surface area (Å²) >= 11 is 19.1. The molecule has 12 rings (SSSR count). The number of rotatable bonds is 30. The fraction of sp³-hybridized carbons (Fsp3) is 0.152. The molecule has 126 heavy (non-hydrogen) atoms. The molecule has 0 spiro atoms. The molecule has 0 N–H and O–H groups in total. The quantitative estimate of drug-likeness (QED) is 0.0176. The van der Waals surface area contributed by atoms with Gasteiger partial charge in [-0.3, -0.25) is 0 Å². The predicted octanol–water partition coefficient (Wildman–Crippen LogP) is 26.0. The van der Waals surface area contributed by atoms with Crippen LogP contribution in [0.1, 0.15) is 0 Å². The molecule has 0 aliphatic heterocycles. The molecule has 0 saturated carbocycles. The van der Waals surface area contributed by atoms with Crippen molar-refractivity contribution in [3.63, 3.8) is 0 Å². The molecule has 0 aromatic heterocycles. The van der Waals surface area contributed by atoms with Crippen LogP contribution in [0.25, 0.3) is 31.9 Å². The van der Waals surface area contributed by atoms with Gasteiger partial charge in [0.25, 0.3) is 0 Å². The van der Waals surface area contributed by atoms with E-state index in [0.29, 0.717) is 0 Å². The fourth-order valence-corrected chi connectivity index (χ4v) is 8.99. The molecule has 0 amide bonds. The summed E-state index contributed by atoms with van der Waals surface area (Å²) < 4.78 is 60.9. The van der Waals surface area contributed by atoms with Crippen LogP contribution in [0.5, 0.6) is 69.0 Å². The van der Waals surface area contributed by atoms with E-state index in [1.54, 1.807) is 85.3 Å². The van der Waals surface area contributed by atoms with Crippen molar-refractivity contribution in [2.75, 3.05) is 96.0 Å². The third-order valence-corrected chi connectivity index (χ3v) is 15.4. The van der Waals surface area contributed by atoms with Gasteiger partial charge in [0, 0.05) is 0 Å². The summed E-state index contributed by atoms with van der Waals surface area (Å²) in [5.74, 6) is 9.73. The van der Waals surface area contributed by atoms with Crippen LogP contribution in [0.4, 0.5) is 68.2 Å². The molecule has 0 saturated heterocycles. The van der Waals surface area contributed by atoms with E-state index in [9.17, 15) is 0 Å². The molecular formula is C92H96Cl4Mo4N12O12Se2. The first-order valence-corrected chi connectivity index (χ1v) is 38.2.